The number of imidazole rings is 1. The Kier molecular flexibility index (Phi) is 3.44. The van der Waals surface area contributed by atoms with Gasteiger partial charge in [0.2, 0.25) is 0 Å². The van der Waals surface area contributed by atoms with E-state index in [0.29, 0.717) is 15.9 Å². The second kappa shape index (κ2) is 4.92. The van der Waals surface area contributed by atoms with E-state index >= 15 is 0 Å². The van der Waals surface area contributed by atoms with Crippen LogP contribution in [-0.4, -0.2) is 9.55 Å². The van der Waals surface area contributed by atoms with Crippen LogP contribution in [0.3, 0.4) is 0 Å². The van der Waals surface area contributed by atoms with Crippen LogP contribution < -0.4 is 0 Å². The topological polar surface area (TPSA) is 17.8 Å². The molecule has 2 nitrogen and oxygen atoms in total. The number of nitrogens with zero attached hydrogens (tertiary/aromatic N) is 2. The summed E-state index contributed by atoms with van der Waals surface area (Å²) in [6.07, 6.45) is 3.92. The van der Waals surface area contributed by atoms with Gasteiger partial charge in [-0.3, -0.25) is 0 Å². The Balaban J connectivity index is 2.10. The predicted molar refractivity (Wildman–Crippen MR) is 76.7 cm³/mol. The second-order valence-corrected chi connectivity index (χ2v) is 5.91. The summed E-state index contributed by atoms with van der Waals surface area (Å²) in [4.78, 5) is 4.53. The van der Waals surface area contributed by atoms with Crippen molar-refractivity contribution in [1.82, 2.24) is 9.55 Å². The Labute approximate surface area is 121 Å². The van der Waals surface area contributed by atoms with Crippen molar-refractivity contribution >= 4 is 45.8 Å². The molecule has 0 amide bonds. The van der Waals surface area contributed by atoms with Gasteiger partial charge in [-0.05, 0) is 30.9 Å². The SMILES string of the molecule is ClCc1nc2cc(Cl)c(Cl)cc2n1CC1CCC1. The summed E-state index contributed by atoms with van der Waals surface area (Å²) in [6, 6.07) is 3.70. The van der Waals surface area contributed by atoms with Crippen LogP contribution in [-0.2, 0) is 12.4 Å². The van der Waals surface area contributed by atoms with Gasteiger partial charge in [0.05, 0.1) is 27.0 Å². The van der Waals surface area contributed by atoms with Crippen LogP contribution in [0.25, 0.3) is 11.0 Å². The van der Waals surface area contributed by atoms with Crippen LogP contribution in [0.4, 0.5) is 0 Å². The Hall–Kier alpha value is -0.440. The number of halogens is 3. The van der Waals surface area contributed by atoms with Crippen LogP contribution in [0.2, 0.25) is 10.0 Å². The minimum atomic E-state index is 0.413. The van der Waals surface area contributed by atoms with Crippen molar-refractivity contribution in [2.45, 2.75) is 31.7 Å². The zero-order chi connectivity index (χ0) is 12.7. The van der Waals surface area contributed by atoms with E-state index < -0.39 is 0 Å². The molecule has 2 aromatic rings. The number of rotatable bonds is 3. The molecule has 0 atom stereocenters. The fourth-order valence-electron chi connectivity index (χ4n) is 2.41. The summed E-state index contributed by atoms with van der Waals surface area (Å²) < 4.78 is 2.19. The number of benzene rings is 1. The molecule has 1 aliphatic carbocycles. The van der Waals surface area contributed by atoms with Gasteiger partial charge >= 0.3 is 0 Å². The van der Waals surface area contributed by atoms with Crippen LogP contribution in [0, 0.1) is 5.92 Å². The lowest BCUT2D eigenvalue weighted by atomic mass is 9.85. The summed E-state index contributed by atoms with van der Waals surface area (Å²) in [6.45, 7) is 0.983. The van der Waals surface area contributed by atoms with Gasteiger partial charge in [-0.2, -0.15) is 0 Å². The molecule has 0 radical (unpaired) electrons. The molecule has 0 spiro atoms. The third-order valence-corrected chi connectivity index (χ3v) is 4.62. The highest BCUT2D eigenvalue weighted by atomic mass is 35.5. The molecular formula is C13H13Cl3N2. The Morgan fingerprint density at radius 2 is 1.94 bits per heavy atom. The third kappa shape index (κ3) is 2.11. The van der Waals surface area contributed by atoms with Gasteiger partial charge in [-0.15, -0.1) is 11.6 Å². The maximum absolute atomic E-state index is 6.09. The van der Waals surface area contributed by atoms with Gasteiger partial charge in [0.1, 0.15) is 5.82 Å². The van der Waals surface area contributed by atoms with Gasteiger partial charge in [0, 0.05) is 6.54 Å². The van der Waals surface area contributed by atoms with Crippen LogP contribution >= 0.6 is 34.8 Å². The van der Waals surface area contributed by atoms with Crippen molar-refractivity contribution in [3.8, 4) is 0 Å². The number of fused-ring (bicyclic) bond motifs is 1. The standard InChI is InChI=1S/C13H13Cl3N2/c14-6-13-17-11-4-9(15)10(16)5-12(11)18(13)7-8-2-1-3-8/h4-5,8H,1-3,6-7H2. The maximum atomic E-state index is 6.09. The highest BCUT2D eigenvalue weighted by Crippen LogP contribution is 2.32. The first-order valence-electron chi connectivity index (χ1n) is 6.09. The zero-order valence-electron chi connectivity index (χ0n) is 9.80. The van der Waals surface area contributed by atoms with Gasteiger partial charge in [0.15, 0.2) is 0 Å². The summed E-state index contributed by atoms with van der Waals surface area (Å²) in [5.74, 6) is 2.06. The minimum Gasteiger partial charge on any atom is -0.327 e. The van der Waals surface area contributed by atoms with Crippen molar-refractivity contribution in [2.24, 2.45) is 5.92 Å². The van der Waals surface area contributed by atoms with Crippen molar-refractivity contribution < 1.29 is 0 Å². The van der Waals surface area contributed by atoms with E-state index in [1.165, 1.54) is 19.3 Å². The number of aromatic nitrogens is 2. The molecule has 1 saturated carbocycles. The predicted octanol–water partition coefficient (Wildman–Crippen LogP) is 4.88. The van der Waals surface area contributed by atoms with E-state index in [1.807, 2.05) is 12.1 Å². The first-order chi connectivity index (χ1) is 8.69. The molecule has 0 saturated heterocycles. The van der Waals surface area contributed by atoms with Crippen LogP contribution in [0.15, 0.2) is 12.1 Å². The molecule has 1 aliphatic rings. The number of hydrogen-bond acceptors (Lipinski definition) is 1. The lowest BCUT2D eigenvalue weighted by molar-refractivity contribution is 0.277. The molecule has 0 bridgehead atoms. The molecule has 3 rings (SSSR count). The Bertz CT molecular complexity index is 587. The Morgan fingerprint density at radius 3 is 2.56 bits per heavy atom. The molecule has 18 heavy (non-hydrogen) atoms. The molecule has 5 heteroatoms. The molecule has 1 fully saturated rings. The first-order valence-corrected chi connectivity index (χ1v) is 7.38. The van der Waals surface area contributed by atoms with Crippen molar-refractivity contribution in [2.75, 3.05) is 0 Å². The second-order valence-electron chi connectivity index (χ2n) is 4.82. The molecule has 0 unspecified atom stereocenters. The van der Waals surface area contributed by atoms with E-state index in [1.54, 1.807) is 0 Å². The molecule has 0 N–H and O–H groups in total. The summed E-state index contributed by atoms with van der Waals surface area (Å²) in [7, 11) is 0. The van der Waals surface area contributed by atoms with E-state index in [-0.39, 0.29) is 0 Å². The summed E-state index contributed by atoms with van der Waals surface area (Å²) in [5, 5.41) is 1.11. The monoisotopic (exact) mass is 302 g/mol. The van der Waals surface area contributed by atoms with Gasteiger partial charge in [0.25, 0.3) is 0 Å². The first kappa shape index (κ1) is 12.6. The fraction of sp³-hybridized carbons (Fsp3) is 0.462. The number of alkyl halides is 1. The van der Waals surface area contributed by atoms with Gasteiger partial charge in [-0.1, -0.05) is 29.6 Å². The largest absolute Gasteiger partial charge is 0.327 e. The Morgan fingerprint density at radius 1 is 1.22 bits per heavy atom. The fourth-order valence-corrected chi connectivity index (χ4v) is 2.93. The summed E-state index contributed by atoms with van der Waals surface area (Å²) >= 11 is 18.1. The molecule has 1 aromatic carbocycles. The lowest BCUT2D eigenvalue weighted by Gasteiger charge is -2.26. The van der Waals surface area contributed by atoms with E-state index in [2.05, 4.69) is 9.55 Å². The smallest absolute Gasteiger partial charge is 0.124 e. The normalized spacial score (nSPS) is 16.2. The average molecular weight is 304 g/mol. The molecule has 96 valence electrons. The highest BCUT2D eigenvalue weighted by molar-refractivity contribution is 6.42. The van der Waals surface area contributed by atoms with Crippen molar-refractivity contribution in [3.63, 3.8) is 0 Å². The quantitative estimate of drug-likeness (QED) is 0.739. The van der Waals surface area contributed by atoms with Crippen molar-refractivity contribution in [3.05, 3.63) is 28.0 Å². The number of hydrogen-bond donors (Lipinski definition) is 0. The van der Waals surface area contributed by atoms with Gasteiger partial charge < -0.3 is 4.57 Å². The average Bonchev–Trinajstić information content (AvgIpc) is 2.62. The van der Waals surface area contributed by atoms with E-state index in [9.17, 15) is 0 Å². The molecule has 1 heterocycles. The lowest BCUT2D eigenvalue weighted by Crippen LogP contribution is -2.19. The van der Waals surface area contributed by atoms with Crippen molar-refractivity contribution in [1.29, 1.82) is 0 Å². The zero-order valence-corrected chi connectivity index (χ0v) is 12.1. The van der Waals surface area contributed by atoms with Crippen LogP contribution in [0.5, 0.6) is 0 Å². The van der Waals surface area contributed by atoms with Gasteiger partial charge in [-0.25, -0.2) is 4.98 Å². The minimum absolute atomic E-state index is 0.413. The molecular weight excluding hydrogens is 291 g/mol. The van der Waals surface area contributed by atoms with E-state index in [4.69, 9.17) is 34.8 Å². The molecule has 0 aliphatic heterocycles. The maximum Gasteiger partial charge on any atom is 0.124 e. The van der Waals surface area contributed by atoms with E-state index in [0.717, 1.165) is 29.3 Å². The summed E-state index contributed by atoms with van der Waals surface area (Å²) in [5.41, 5.74) is 1.91. The molecule has 1 aromatic heterocycles. The highest BCUT2D eigenvalue weighted by Gasteiger charge is 2.21. The third-order valence-electron chi connectivity index (χ3n) is 3.65. The van der Waals surface area contributed by atoms with Crippen LogP contribution in [0.1, 0.15) is 25.1 Å².